The maximum Gasteiger partial charge on any atom is 0.0528 e. The predicted octanol–water partition coefficient (Wildman–Crippen LogP) is 2.53. The van der Waals surface area contributed by atoms with Crippen LogP contribution >= 0.6 is 27.3 Å². The Bertz CT molecular complexity index is 265. The Kier molecular flexibility index (Phi) is 1.82. The predicted molar refractivity (Wildman–Crippen MR) is 50.0 cm³/mol. The van der Waals surface area contributed by atoms with Crippen molar-refractivity contribution in [2.45, 2.75) is 18.3 Å². The summed E-state index contributed by atoms with van der Waals surface area (Å²) in [5.41, 5.74) is 1.42. The fourth-order valence-corrected chi connectivity index (χ4v) is 3.16. The van der Waals surface area contributed by atoms with Crippen molar-refractivity contribution in [3.05, 3.63) is 20.8 Å². The van der Waals surface area contributed by atoms with Gasteiger partial charge in [-0.25, -0.2) is 0 Å². The standard InChI is InChI=1S/C8H9BrOS/c9-7-4-11-3-6(7)8(5-10)1-2-8/h3-4,10H,1-2,5H2. The van der Waals surface area contributed by atoms with Crippen LogP contribution in [0.15, 0.2) is 15.2 Å². The highest BCUT2D eigenvalue weighted by molar-refractivity contribution is 9.10. The molecule has 1 aliphatic rings. The van der Waals surface area contributed by atoms with Crippen molar-refractivity contribution in [3.63, 3.8) is 0 Å². The van der Waals surface area contributed by atoms with E-state index in [4.69, 9.17) is 5.11 Å². The molecule has 0 unspecified atom stereocenters. The Morgan fingerprint density at radius 3 is 2.64 bits per heavy atom. The molecule has 1 heterocycles. The van der Waals surface area contributed by atoms with Crippen molar-refractivity contribution in [2.75, 3.05) is 6.61 Å². The zero-order chi connectivity index (χ0) is 7.90. The zero-order valence-corrected chi connectivity index (χ0v) is 8.41. The van der Waals surface area contributed by atoms with E-state index in [0.717, 1.165) is 17.3 Å². The monoisotopic (exact) mass is 232 g/mol. The molecular weight excluding hydrogens is 224 g/mol. The highest BCUT2D eigenvalue weighted by Gasteiger charge is 2.45. The molecule has 0 bridgehead atoms. The van der Waals surface area contributed by atoms with Gasteiger partial charge >= 0.3 is 0 Å². The van der Waals surface area contributed by atoms with Gasteiger partial charge in [0.05, 0.1) is 6.61 Å². The van der Waals surface area contributed by atoms with Gasteiger partial charge in [0.15, 0.2) is 0 Å². The van der Waals surface area contributed by atoms with Crippen LogP contribution in [0.3, 0.4) is 0 Å². The molecular formula is C8H9BrOS. The first kappa shape index (κ1) is 7.77. The van der Waals surface area contributed by atoms with Gasteiger partial charge < -0.3 is 5.11 Å². The first-order chi connectivity index (χ1) is 5.28. The highest BCUT2D eigenvalue weighted by atomic mass is 79.9. The zero-order valence-electron chi connectivity index (χ0n) is 6.01. The average molecular weight is 233 g/mol. The van der Waals surface area contributed by atoms with Crippen molar-refractivity contribution < 1.29 is 5.11 Å². The van der Waals surface area contributed by atoms with Gasteiger partial charge in [-0.3, -0.25) is 0 Å². The summed E-state index contributed by atoms with van der Waals surface area (Å²) < 4.78 is 1.16. The lowest BCUT2D eigenvalue weighted by Crippen LogP contribution is -2.10. The van der Waals surface area contributed by atoms with Crippen molar-refractivity contribution in [1.82, 2.24) is 0 Å². The van der Waals surface area contributed by atoms with E-state index in [1.165, 1.54) is 5.56 Å². The lowest BCUT2D eigenvalue weighted by Gasteiger charge is -2.09. The molecule has 11 heavy (non-hydrogen) atoms. The van der Waals surface area contributed by atoms with Crippen LogP contribution < -0.4 is 0 Å². The van der Waals surface area contributed by atoms with Crippen LogP contribution in [0.1, 0.15) is 18.4 Å². The Morgan fingerprint density at radius 2 is 2.27 bits per heavy atom. The van der Waals surface area contributed by atoms with Gasteiger partial charge in [0.2, 0.25) is 0 Å². The van der Waals surface area contributed by atoms with Crippen LogP contribution in [-0.2, 0) is 5.41 Å². The third-order valence-corrected chi connectivity index (χ3v) is 4.04. The molecule has 0 aromatic carbocycles. The average Bonchev–Trinajstić information content (AvgIpc) is 2.70. The summed E-state index contributed by atoms with van der Waals surface area (Å²) in [4.78, 5) is 0. The quantitative estimate of drug-likeness (QED) is 0.832. The normalized spacial score (nSPS) is 20.2. The second kappa shape index (κ2) is 2.57. The second-order valence-electron chi connectivity index (χ2n) is 3.07. The topological polar surface area (TPSA) is 20.2 Å². The Morgan fingerprint density at radius 1 is 1.55 bits per heavy atom. The molecule has 0 amide bonds. The van der Waals surface area contributed by atoms with Crippen LogP contribution in [0.4, 0.5) is 0 Å². The summed E-state index contributed by atoms with van der Waals surface area (Å²) in [6, 6.07) is 0. The van der Waals surface area contributed by atoms with Gasteiger partial charge in [0.25, 0.3) is 0 Å². The van der Waals surface area contributed by atoms with Gasteiger partial charge in [-0.2, -0.15) is 11.3 Å². The fourth-order valence-electron chi connectivity index (χ4n) is 1.32. The first-order valence-corrected chi connectivity index (χ1v) is 5.35. The molecule has 1 aromatic heterocycles. The largest absolute Gasteiger partial charge is 0.395 e. The summed E-state index contributed by atoms with van der Waals surface area (Å²) in [6.45, 7) is 0.294. The molecule has 1 aromatic rings. The molecule has 2 rings (SSSR count). The molecule has 0 radical (unpaired) electrons. The fraction of sp³-hybridized carbons (Fsp3) is 0.500. The summed E-state index contributed by atoms with van der Waals surface area (Å²) in [5.74, 6) is 0. The summed E-state index contributed by atoms with van der Waals surface area (Å²) in [5, 5.41) is 13.3. The SMILES string of the molecule is OCC1(c2cscc2Br)CC1. The molecule has 1 aliphatic carbocycles. The van der Waals surface area contributed by atoms with Crippen LogP contribution in [0.5, 0.6) is 0 Å². The van der Waals surface area contributed by atoms with E-state index >= 15 is 0 Å². The maximum absolute atomic E-state index is 9.14. The van der Waals surface area contributed by atoms with E-state index in [1.54, 1.807) is 11.3 Å². The molecule has 1 nitrogen and oxygen atoms in total. The minimum atomic E-state index is 0.124. The Hall–Kier alpha value is 0.140. The van der Waals surface area contributed by atoms with Crippen molar-refractivity contribution in [1.29, 1.82) is 0 Å². The third-order valence-electron chi connectivity index (χ3n) is 2.34. The van der Waals surface area contributed by atoms with E-state index < -0.39 is 0 Å². The number of aliphatic hydroxyl groups excluding tert-OH is 1. The Balaban J connectivity index is 2.35. The number of hydrogen-bond acceptors (Lipinski definition) is 2. The van der Waals surface area contributed by atoms with E-state index in [1.807, 2.05) is 0 Å². The lowest BCUT2D eigenvalue weighted by atomic mass is 10.0. The molecule has 1 saturated carbocycles. The van der Waals surface area contributed by atoms with Crippen LogP contribution in [0.2, 0.25) is 0 Å². The molecule has 60 valence electrons. The van der Waals surface area contributed by atoms with Crippen molar-refractivity contribution in [3.8, 4) is 0 Å². The summed E-state index contributed by atoms with van der Waals surface area (Å²) in [6.07, 6.45) is 2.28. The molecule has 1 N–H and O–H groups in total. The van der Waals surface area contributed by atoms with Gasteiger partial charge in [0, 0.05) is 15.3 Å². The molecule has 3 heteroatoms. The third kappa shape index (κ3) is 1.15. The van der Waals surface area contributed by atoms with Crippen LogP contribution in [0, 0.1) is 0 Å². The minimum Gasteiger partial charge on any atom is -0.395 e. The Labute approximate surface area is 78.2 Å². The number of halogens is 1. The number of aliphatic hydroxyl groups is 1. The number of rotatable bonds is 2. The maximum atomic E-state index is 9.14. The molecule has 0 atom stereocenters. The van der Waals surface area contributed by atoms with Crippen molar-refractivity contribution >= 4 is 27.3 Å². The van der Waals surface area contributed by atoms with E-state index in [2.05, 4.69) is 26.7 Å². The van der Waals surface area contributed by atoms with E-state index in [0.29, 0.717) is 6.61 Å². The highest BCUT2D eigenvalue weighted by Crippen LogP contribution is 2.50. The van der Waals surface area contributed by atoms with Crippen LogP contribution in [0.25, 0.3) is 0 Å². The molecule has 0 aliphatic heterocycles. The lowest BCUT2D eigenvalue weighted by molar-refractivity contribution is 0.255. The summed E-state index contributed by atoms with van der Waals surface area (Å²) in [7, 11) is 0. The van der Waals surface area contributed by atoms with Gasteiger partial charge in [-0.05, 0) is 39.7 Å². The van der Waals surface area contributed by atoms with E-state index in [9.17, 15) is 0 Å². The second-order valence-corrected chi connectivity index (χ2v) is 4.67. The van der Waals surface area contributed by atoms with Crippen molar-refractivity contribution in [2.24, 2.45) is 0 Å². The smallest absolute Gasteiger partial charge is 0.0528 e. The molecule has 0 spiro atoms. The summed E-state index contributed by atoms with van der Waals surface area (Å²) >= 11 is 5.17. The molecule has 0 saturated heterocycles. The number of thiophene rings is 1. The van der Waals surface area contributed by atoms with Gasteiger partial charge in [0.1, 0.15) is 0 Å². The van der Waals surface area contributed by atoms with Crippen LogP contribution in [-0.4, -0.2) is 11.7 Å². The van der Waals surface area contributed by atoms with Gasteiger partial charge in [-0.1, -0.05) is 0 Å². The molecule has 1 fully saturated rings. The number of hydrogen-bond donors (Lipinski definition) is 1. The van der Waals surface area contributed by atoms with Gasteiger partial charge in [-0.15, -0.1) is 0 Å². The minimum absolute atomic E-state index is 0.124. The van der Waals surface area contributed by atoms with E-state index in [-0.39, 0.29) is 5.41 Å². The first-order valence-electron chi connectivity index (χ1n) is 3.61.